The summed E-state index contributed by atoms with van der Waals surface area (Å²) in [6.07, 6.45) is 0. The van der Waals surface area contributed by atoms with Crippen molar-refractivity contribution >= 4 is 78.0 Å². The number of phenols is 2. The molecule has 0 bridgehead atoms. The number of phenolic OH excluding ortho intramolecular Hbond substituents is 2. The van der Waals surface area contributed by atoms with Gasteiger partial charge in [0.05, 0.1) is 28.1 Å². The number of aromatic hydroxyl groups is 2. The van der Waals surface area contributed by atoms with Crippen molar-refractivity contribution in [1.82, 2.24) is 0 Å². The lowest BCUT2D eigenvalue weighted by Gasteiger charge is -2.13. The average Bonchev–Trinajstić information content (AvgIpc) is 2.95. The molecule has 0 saturated carbocycles. The standard InChI is InChI=1S/C29H23ClN8O5S/c1-15-10-16-11-24(44(41,42)43)28(26(32)25(16)29(40)27(15)37-34-19-5-2-4-17(30)12-19)38-35-21-7-3-6-20(14-21)33-36-22-9-8-18(31)13-23(22)39/h2-14,39-40H,31-32H2,1H3,(H,41,42,43). The summed E-state index contributed by atoms with van der Waals surface area (Å²) in [7, 11) is -4.83. The summed E-state index contributed by atoms with van der Waals surface area (Å²) in [5.41, 5.74) is 13.4. The fourth-order valence-electron chi connectivity index (χ4n) is 4.21. The second-order valence-electron chi connectivity index (χ2n) is 9.45. The molecule has 222 valence electrons. The molecular weight excluding hydrogens is 608 g/mol. The number of anilines is 2. The van der Waals surface area contributed by atoms with Gasteiger partial charge in [0.2, 0.25) is 0 Å². The molecule has 0 unspecified atom stereocenters. The van der Waals surface area contributed by atoms with Crippen LogP contribution in [-0.2, 0) is 10.1 Å². The van der Waals surface area contributed by atoms with Crippen LogP contribution in [0.1, 0.15) is 5.56 Å². The number of rotatable bonds is 7. The third-order valence-electron chi connectivity index (χ3n) is 6.26. The monoisotopic (exact) mass is 630 g/mol. The minimum absolute atomic E-state index is 0.0304. The molecule has 0 spiro atoms. The number of hydrogen-bond donors (Lipinski definition) is 5. The Morgan fingerprint density at radius 1 is 0.727 bits per heavy atom. The lowest BCUT2D eigenvalue weighted by atomic mass is 10.0. The normalized spacial score (nSPS) is 12.2. The van der Waals surface area contributed by atoms with Crippen molar-refractivity contribution in [1.29, 1.82) is 0 Å². The summed E-state index contributed by atoms with van der Waals surface area (Å²) >= 11 is 6.01. The van der Waals surface area contributed by atoms with Crippen LogP contribution in [-0.4, -0.2) is 23.2 Å². The number of nitrogens with zero attached hydrogens (tertiary/aromatic N) is 6. The highest BCUT2D eigenvalue weighted by Crippen LogP contribution is 2.47. The van der Waals surface area contributed by atoms with Gasteiger partial charge in [-0.1, -0.05) is 23.7 Å². The molecule has 0 atom stereocenters. The molecule has 44 heavy (non-hydrogen) atoms. The third kappa shape index (κ3) is 6.47. The first kappa shape index (κ1) is 30.0. The summed E-state index contributed by atoms with van der Waals surface area (Å²) in [6, 6.07) is 20.0. The number of benzene rings is 5. The average molecular weight is 631 g/mol. The molecule has 0 amide bonds. The van der Waals surface area contributed by atoms with Crippen molar-refractivity contribution < 1.29 is 23.2 Å². The summed E-state index contributed by atoms with van der Waals surface area (Å²) < 4.78 is 34.7. The predicted octanol–water partition coefficient (Wildman–Crippen LogP) is 8.87. The minimum Gasteiger partial charge on any atom is -0.506 e. The van der Waals surface area contributed by atoms with E-state index in [1.54, 1.807) is 61.5 Å². The fraction of sp³-hybridized carbons (Fsp3) is 0.0345. The Morgan fingerprint density at radius 3 is 1.98 bits per heavy atom. The van der Waals surface area contributed by atoms with Crippen molar-refractivity contribution in [3.05, 3.63) is 89.4 Å². The van der Waals surface area contributed by atoms with Crippen LogP contribution in [0, 0.1) is 6.92 Å². The van der Waals surface area contributed by atoms with Crippen LogP contribution < -0.4 is 11.5 Å². The fourth-order valence-corrected chi connectivity index (χ4v) is 5.06. The first-order chi connectivity index (χ1) is 20.9. The van der Waals surface area contributed by atoms with Gasteiger partial charge in [-0.3, -0.25) is 4.55 Å². The first-order valence-corrected chi connectivity index (χ1v) is 14.5. The summed E-state index contributed by atoms with van der Waals surface area (Å²) in [6.45, 7) is 1.64. The van der Waals surface area contributed by atoms with Gasteiger partial charge in [0, 0.05) is 16.8 Å². The van der Waals surface area contributed by atoms with Gasteiger partial charge < -0.3 is 21.7 Å². The van der Waals surface area contributed by atoms with Crippen LogP contribution >= 0.6 is 11.6 Å². The SMILES string of the molecule is Cc1cc2cc(S(=O)(=O)O)c(N=Nc3cccc(N=Nc4ccc(N)cc4O)c3)c(N)c2c(O)c1N=Nc1cccc(Cl)c1. The van der Waals surface area contributed by atoms with E-state index in [1.807, 2.05) is 0 Å². The molecule has 0 aliphatic rings. The summed E-state index contributed by atoms with van der Waals surface area (Å²) in [5, 5.41) is 46.3. The number of halogens is 1. The van der Waals surface area contributed by atoms with E-state index in [1.165, 1.54) is 18.2 Å². The second kappa shape index (κ2) is 12.0. The topological polar surface area (TPSA) is 221 Å². The number of fused-ring (bicyclic) bond motifs is 1. The molecule has 0 aliphatic heterocycles. The van der Waals surface area contributed by atoms with Crippen molar-refractivity contribution in [2.45, 2.75) is 11.8 Å². The van der Waals surface area contributed by atoms with Crippen molar-refractivity contribution in [3.8, 4) is 11.5 Å². The molecule has 5 aromatic rings. The van der Waals surface area contributed by atoms with Gasteiger partial charge in [0.1, 0.15) is 27.7 Å². The molecule has 0 radical (unpaired) electrons. The Morgan fingerprint density at radius 2 is 1.34 bits per heavy atom. The first-order valence-electron chi connectivity index (χ1n) is 12.7. The second-order valence-corrected chi connectivity index (χ2v) is 11.3. The minimum atomic E-state index is -4.83. The lowest BCUT2D eigenvalue weighted by molar-refractivity contribution is 0.476. The molecule has 0 saturated heterocycles. The van der Waals surface area contributed by atoms with Gasteiger partial charge in [-0.05, 0) is 78.5 Å². The van der Waals surface area contributed by atoms with E-state index in [2.05, 4.69) is 30.7 Å². The van der Waals surface area contributed by atoms with E-state index < -0.39 is 20.7 Å². The molecule has 0 aromatic heterocycles. The molecule has 5 aromatic carbocycles. The maximum atomic E-state index is 12.3. The van der Waals surface area contributed by atoms with E-state index in [4.69, 9.17) is 23.1 Å². The van der Waals surface area contributed by atoms with E-state index >= 15 is 0 Å². The lowest BCUT2D eigenvalue weighted by Crippen LogP contribution is -2.02. The highest BCUT2D eigenvalue weighted by Gasteiger charge is 2.24. The maximum absolute atomic E-state index is 12.3. The van der Waals surface area contributed by atoms with Gasteiger partial charge in [0.15, 0.2) is 5.75 Å². The molecular formula is C29H23ClN8O5S. The smallest absolute Gasteiger partial charge is 0.296 e. The molecule has 0 aliphatic carbocycles. The number of azo groups is 3. The Kier molecular flexibility index (Phi) is 8.22. The Hall–Kier alpha value is -5.44. The Bertz CT molecular complexity index is 2140. The Balaban J connectivity index is 1.56. The number of hydrogen-bond acceptors (Lipinski definition) is 12. The number of aryl methyl sites for hydroxylation is 1. The zero-order valence-electron chi connectivity index (χ0n) is 22.8. The molecule has 5 rings (SSSR count). The van der Waals surface area contributed by atoms with Gasteiger partial charge >= 0.3 is 0 Å². The van der Waals surface area contributed by atoms with Crippen molar-refractivity contribution in [2.75, 3.05) is 11.5 Å². The zero-order valence-corrected chi connectivity index (χ0v) is 24.4. The summed E-state index contributed by atoms with van der Waals surface area (Å²) in [5.74, 6) is -0.531. The van der Waals surface area contributed by atoms with E-state index in [9.17, 15) is 23.2 Å². The molecule has 0 heterocycles. The van der Waals surface area contributed by atoms with Crippen molar-refractivity contribution in [3.63, 3.8) is 0 Å². The zero-order chi connectivity index (χ0) is 31.6. The number of nitrogens with two attached hydrogens (primary N) is 2. The van der Waals surface area contributed by atoms with E-state index in [0.29, 0.717) is 27.6 Å². The van der Waals surface area contributed by atoms with Crippen LogP contribution in [0.15, 0.2) is 114 Å². The van der Waals surface area contributed by atoms with Crippen LogP contribution in [0.2, 0.25) is 5.02 Å². The van der Waals surface area contributed by atoms with Crippen LogP contribution in [0.25, 0.3) is 10.8 Å². The molecule has 0 fully saturated rings. The molecule has 13 nitrogen and oxygen atoms in total. The predicted molar refractivity (Wildman–Crippen MR) is 168 cm³/mol. The quantitative estimate of drug-likeness (QED) is 0.0666. The molecule has 15 heteroatoms. The van der Waals surface area contributed by atoms with Gasteiger partial charge in [-0.15, -0.1) is 15.3 Å². The highest BCUT2D eigenvalue weighted by atomic mass is 35.5. The van der Waals surface area contributed by atoms with E-state index in [-0.39, 0.29) is 45.0 Å². The van der Waals surface area contributed by atoms with Crippen LogP contribution in [0.4, 0.5) is 45.5 Å². The van der Waals surface area contributed by atoms with Crippen molar-refractivity contribution in [2.24, 2.45) is 30.7 Å². The largest absolute Gasteiger partial charge is 0.506 e. The van der Waals surface area contributed by atoms with Crippen LogP contribution in [0.5, 0.6) is 11.5 Å². The van der Waals surface area contributed by atoms with Crippen LogP contribution in [0.3, 0.4) is 0 Å². The van der Waals surface area contributed by atoms with E-state index in [0.717, 1.165) is 6.07 Å². The van der Waals surface area contributed by atoms with Gasteiger partial charge in [-0.25, -0.2) is 0 Å². The Labute approximate surface area is 255 Å². The highest BCUT2D eigenvalue weighted by molar-refractivity contribution is 7.86. The maximum Gasteiger partial charge on any atom is 0.296 e. The molecule has 7 N–H and O–H groups in total. The number of nitrogen functional groups attached to an aromatic ring is 2. The van der Waals surface area contributed by atoms with Gasteiger partial charge in [0.25, 0.3) is 10.1 Å². The third-order valence-corrected chi connectivity index (χ3v) is 7.36. The van der Waals surface area contributed by atoms with Gasteiger partial charge in [-0.2, -0.15) is 23.8 Å². The summed E-state index contributed by atoms with van der Waals surface area (Å²) in [4.78, 5) is -0.618.